The minimum Gasteiger partial charge on any atom is -0.451 e. The average Bonchev–Trinajstić information content (AvgIpc) is 3.13. The fraction of sp³-hybridized carbons (Fsp3) is 0.435. The molecule has 7 heteroatoms. The Labute approximate surface area is 181 Å². The highest BCUT2D eigenvalue weighted by Gasteiger charge is 2.43. The maximum Gasteiger partial charge on any atom is 0.288 e. The lowest BCUT2D eigenvalue weighted by atomic mass is 9.84. The van der Waals surface area contributed by atoms with Crippen molar-refractivity contribution >= 4 is 23.9 Å². The predicted octanol–water partition coefficient (Wildman–Crippen LogP) is 3.76. The number of hydrogen-bond acceptors (Lipinski definition) is 5. The van der Waals surface area contributed by atoms with Crippen molar-refractivity contribution in [1.82, 2.24) is 9.88 Å². The molecule has 2 aliphatic rings. The number of hydrogen-bond donors (Lipinski definition) is 0. The van der Waals surface area contributed by atoms with Crippen molar-refractivity contribution < 1.29 is 14.3 Å². The van der Waals surface area contributed by atoms with Gasteiger partial charge in [0.15, 0.2) is 11.9 Å². The lowest BCUT2D eigenvalue weighted by molar-refractivity contribution is -0.122. The molecule has 0 bridgehead atoms. The Hall–Kier alpha value is -2.44. The van der Waals surface area contributed by atoms with E-state index in [9.17, 15) is 4.79 Å². The van der Waals surface area contributed by atoms with Gasteiger partial charge in [-0.05, 0) is 42.5 Å². The van der Waals surface area contributed by atoms with Gasteiger partial charge < -0.3 is 14.4 Å². The molecule has 30 heavy (non-hydrogen) atoms. The number of nitrogens with zero attached hydrogens (tertiary/aromatic N) is 3. The van der Waals surface area contributed by atoms with E-state index in [1.165, 1.54) is 11.1 Å². The molecule has 0 radical (unpaired) electrons. The Bertz CT molecular complexity index is 939. The van der Waals surface area contributed by atoms with E-state index in [0.29, 0.717) is 24.2 Å². The van der Waals surface area contributed by atoms with Gasteiger partial charge in [-0.1, -0.05) is 41.9 Å². The molecule has 0 saturated carbocycles. The molecule has 1 aromatic carbocycles. The van der Waals surface area contributed by atoms with Crippen LogP contribution in [0, 0.1) is 0 Å². The number of likely N-dealkylation sites (tertiary alicyclic amines) is 1. The first-order chi connectivity index (χ1) is 14.5. The number of fused-ring (bicyclic) bond motifs is 2. The number of carbonyl (C=O) groups excluding carboxylic acids is 1. The molecule has 1 saturated heterocycles. The number of carbonyl (C=O) groups is 1. The Balaban J connectivity index is 1.43. The molecular formula is C23H26ClN3O3. The van der Waals surface area contributed by atoms with E-state index < -0.39 is 5.60 Å². The van der Waals surface area contributed by atoms with E-state index in [2.05, 4.69) is 39.1 Å². The van der Waals surface area contributed by atoms with Crippen molar-refractivity contribution in [2.75, 3.05) is 20.1 Å². The number of ether oxygens (including phenoxy) is 2. The summed E-state index contributed by atoms with van der Waals surface area (Å²) in [6.45, 7) is 3.93. The third-order valence-corrected chi connectivity index (χ3v) is 6.19. The largest absolute Gasteiger partial charge is 0.451 e. The van der Waals surface area contributed by atoms with Crippen LogP contribution in [0.2, 0.25) is 5.15 Å². The van der Waals surface area contributed by atoms with Crippen LogP contribution in [0.25, 0.3) is 0 Å². The molecule has 6 nitrogen and oxygen atoms in total. The number of benzene rings is 1. The van der Waals surface area contributed by atoms with Gasteiger partial charge in [-0.25, -0.2) is 9.98 Å². The highest BCUT2D eigenvalue weighted by molar-refractivity contribution is 6.29. The summed E-state index contributed by atoms with van der Waals surface area (Å²) >= 11 is 5.86. The number of aromatic nitrogens is 1. The molecule has 2 aromatic rings. The molecule has 3 heterocycles. The van der Waals surface area contributed by atoms with Gasteiger partial charge in [0.25, 0.3) is 6.02 Å². The van der Waals surface area contributed by atoms with Crippen molar-refractivity contribution in [3.05, 3.63) is 64.4 Å². The number of aldehydes is 1. The van der Waals surface area contributed by atoms with Gasteiger partial charge in [-0.15, -0.1) is 0 Å². The lowest BCUT2D eigenvalue weighted by Gasteiger charge is -2.41. The monoisotopic (exact) mass is 427 g/mol. The minimum atomic E-state index is -1.05. The Morgan fingerprint density at radius 3 is 2.77 bits per heavy atom. The summed E-state index contributed by atoms with van der Waals surface area (Å²) in [5.74, 6) is 0. The Kier molecular flexibility index (Phi) is 5.80. The van der Waals surface area contributed by atoms with Gasteiger partial charge in [0, 0.05) is 32.8 Å². The molecule has 1 fully saturated rings. The molecule has 1 unspecified atom stereocenters. The normalized spacial score (nSPS) is 20.0. The van der Waals surface area contributed by atoms with Crippen LogP contribution >= 0.6 is 11.6 Å². The topological polar surface area (TPSA) is 64.0 Å². The van der Waals surface area contributed by atoms with Crippen molar-refractivity contribution in [2.24, 2.45) is 4.99 Å². The summed E-state index contributed by atoms with van der Waals surface area (Å²) in [5, 5.41) is 0.418. The molecule has 0 N–H and O–H groups in total. The van der Waals surface area contributed by atoms with E-state index in [0.717, 1.165) is 37.8 Å². The van der Waals surface area contributed by atoms with E-state index in [4.69, 9.17) is 21.1 Å². The van der Waals surface area contributed by atoms with Crippen molar-refractivity contribution in [2.45, 2.75) is 44.0 Å². The molecule has 4 rings (SSSR count). The highest BCUT2D eigenvalue weighted by Crippen LogP contribution is 2.44. The van der Waals surface area contributed by atoms with Crippen molar-refractivity contribution in [1.29, 1.82) is 0 Å². The molecule has 1 aromatic heterocycles. The lowest BCUT2D eigenvalue weighted by Crippen LogP contribution is -2.49. The third-order valence-electron chi connectivity index (χ3n) is 5.96. The molecule has 2 aliphatic heterocycles. The number of halogens is 1. The summed E-state index contributed by atoms with van der Waals surface area (Å²) in [5.41, 5.74) is 2.17. The number of piperidine rings is 1. The van der Waals surface area contributed by atoms with Gasteiger partial charge in [0.1, 0.15) is 5.15 Å². The standard InChI is InChI=1S/C23H26ClN3O3/c1-22(16-28,13-17-7-8-20(24)26-14-17)30-21(25-2)27-11-9-23(10-12-27)19-6-4-3-5-18(19)15-29-23/h3-8,14,16H,9-13,15H2,1-2H3. The van der Waals surface area contributed by atoms with Crippen molar-refractivity contribution in [3.63, 3.8) is 0 Å². The number of pyridine rings is 1. The van der Waals surface area contributed by atoms with Gasteiger partial charge >= 0.3 is 0 Å². The number of amidine groups is 1. The second kappa shape index (κ2) is 8.36. The number of aliphatic imine (C=N–C) groups is 1. The molecule has 1 spiro atoms. The average molecular weight is 428 g/mol. The van der Waals surface area contributed by atoms with Crippen LogP contribution in [0.15, 0.2) is 47.6 Å². The summed E-state index contributed by atoms with van der Waals surface area (Å²) < 4.78 is 12.4. The fourth-order valence-corrected chi connectivity index (χ4v) is 4.45. The van der Waals surface area contributed by atoms with Gasteiger partial charge in [-0.2, -0.15) is 0 Å². The quantitative estimate of drug-likeness (QED) is 0.322. The van der Waals surface area contributed by atoms with Gasteiger partial charge in [0.05, 0.1) is 12.2 Å². The van der Waals surface area contributed by atoms with Crippen LogP contribution in [0.5, 0.6) is 0 Å². The van der Waals surface area contributed by atoms with E-state index in [1.807, 2.05) is 6.07 Å². The second-order valence-corrected chi connectivity index (χ2v) is 8.52. The molecular weight excluding hydrogens is 402 g/mol. The SMILES string of the molecule is CN=C(OC(C)(C=O)Cc1ccc(Cl)nc1)N1CCC2(CC1)OCc1ccccc12. The minimum absolute atomic E-state index is 0.227. The first-order valence-electron chi connectivity index (χ1n) is 10.2. The van der Waals surface area contributed by atoms with Gasteiger partial charge in [0.2, 0.25) is 0 Å². The van der Waals surface area contributed by atoms with Crippen molar-refractivity contribution in [3.8, 4) is 0 Å². The molecule has 1 atom stereocenters. The van der Waals surface area contributed by atoms with E-state index in [1.54, 1.807) is 26.2 Å². The van der Waals surface area contributed by atoms with Crippen LogP contribution in [0.1, 0.15) is 36.5 Å². The summed E-state index contributed by atoms with van der Waals surface area (Å²) in [7, 11) is 1.69. The van der Waals surface area contributed by atoms with Crippen LogP contribution in [0.3, 0.4) is 0 Å². The second-order valence-electron chi connectivity index (χ2n) is 8.13. The predicted molar refractivity (Wildman–Crippen MR) is 116 cm³/mol. The Morgan fingerprint density at radius 1 is 1.33 bits per heavy atom. The Morgan fingerprint density at radius 2 is 2.10 bits per heavy atom. The highest BCUT2D eigenvalue weighted by atomic mass is 35.5. The zero-order valence-electron chi connectivity index (χ0n) is 17.3. The summed E-state index contributed by atoms with van der Waals surface area (Å²) in [6, 6.07) is 12.5. The van der Waals surface area contributed by atoms with Crippen LogP contribution in [-0.2, 0) is 32.9 Å². The fourth-order valence-electron chi connectivity index (χ4n) is 4.34. The zero-order chi connectivity index (χ0) is 21.2. The maximum atomic E-state index is 11.9. The van der Waals surface area contributed by atoms with Crippen LogP contribution in [0.4, 0.5) is 0 Å². The smallest absolute Gasteiger partial charge is 0.288 e. The van der Waals surface area contributed by atoms with E-state index in [-0.39, 0.29) is 5.60 Å². The molecule has 0 amide bonds. The van der Waals surface area contributed by atoms with Gasteiger partial charge in [-0.3, -0.25) is 4.79 Å². The zero-order valence-corrected chi connectivity index (χ0v) is 18.1. The summed E-state index contributed by atoms with van der Waals surface area (Å²) in [4.78, 5) is 22.4. The molecule has 158 valence electrons. The summed E-state index contributed by atoms with van der Waals surface area (Å²) in [6.07, 6.45) is 4.58. The van der Waals surface area contributed by atoms with Crippen LogP contribution < -0.4 is 0 Å². The number of rotatable bonds is 4. The molecule has 0 aliphatic carbocycles. The third kappa shape index (κ3) is 4.07. The van der Waals surface area contributed by atoms with E-state index >= 15 is 0 Å². The maximum absolute atomic E-state index is 11.9. The first kappa shape index (κ1) is 20.8. The van der Waals surface area contributed by atoms with Crippen LogP contribution in [-0.4, -0.2) is 47.9 Å². The first-order valence-corrected chi connectivity index (χ1v) is 10.5.